The van der Waals surface area contributed by atoms with Gasteiger partial charge in [0.05, 0.1) is 0 Å². The van der Waals surface area contributed by atoms with E-state index in [2.05, 4.69) is 12.6 Å². The third-order valence-corrected chi connectivity index (χ3v) is 0.977. The topological polar surface area (TPSA) is 0 Å². The van der Waals surface area contributed by atoms with Crippen LogP contribution in [0.2, 0.25) is 0 Å². The Labute approximate surface area is 55.0 Å². The first-order valence-electron chi connectivity index (χ1n) is 2.23. The molecule has 0 aliphatic rings. The van der Waals surface area contributed by atoms with Crippen LogP contribution in [0.15, 0.2) is 12.2 Å². The summed E-state index contributed by atoms with van der Waals surface area (Å²) in [4.78, 5) is 0. The van der Waals surface area contributed by atoms with Gasteiger partial charge in [-0.1, -0.05) is 12.2 Å². The maximum Gasteiger partial charge on any atom is 0.0258 e. The summed E-state index contributed by atoms with van der Waals surface area (Å²) in [5.41, 5.74) is 0. The summed E-state index contributed by atoms with van der Waals surface area (Å²) >= 11 is 9.32. The van der Waals surface area contributed by atoms with Gasteiger partial charge < -0.3 is 0 Å². The Hall–Kier alpha value is 0.380. The maximum absolute atomic E-state index is 5.36. The van der Waals surface area contributed by atoms with E-state index in [1.807, 2.05) is 12.2 Å². The first kappa shape index (κ1) is 7.38. The van der Waals surface area contributed by atoms with E-state index in [0.717, 1.165) is 12.2 Å². The van der Waals surface area contributed by atoms with Crippen LogP contribution in [-0.2, 0) is 0 Å². The van der Waals surface area contributed by atoms with E-state index >= 15 is 0 Å². The van der Waals surface area contributed by atoms with Gasteiger partial charge in [0.15, 0.2) is 0 Å². The van der Waals surface area contributed by atoms with Gasteiger partial charge in [-0.15, -0.1) is 11.6 Å². The summed E-state index contributed by atoms with van der Waals surface area (Å²) in [5.74, 6) is 1.53. The fraction of sp³-hybridized carbons (Fsp3) is 0.600. The van der Waals surface area contributed by atoms with E-state index in [1.165, 1.54) is 0 Å². The molecule has 7 heavy (non-hydrogen) atoms. The predicted molar refractivity (Wildman–Crippen MR) is 38.3 cm³/mol. The molecule has 0 aliphatic carbocycles. The summed E-state index contributed by atoms with van der Waals surface area (Å²) in [5, 5.41) is 0. The van der Waals surface area contributed by atoms with E-state index in [-0.39, 0.29) is 0 Å². The lowest BCUT2D eigenvalue weighted by molar-refractivity contribution is 1.23. The fourth-order valence-electron chi connectivity index (χ4n) is 0.255. The predicted octanol–water partition coefficient (Wildman–Crippen LogP) is 2.10. The van der Waals surface area contributed by atoms with Gasteiger partial charge in [0, 0.05) is 11.6 Å². The van der Waals surface area contributed by atoms with Crippen molar-refractivity contribution in [2.24, 2.45) is 0 Å². The molecule has 0 aliphatic heterocycles. The van der Waals surface area contributed by atoms with Crippen LogP contribution in [0.25, 0.3) is 0 Å². The van der Waals surface area contributed by atoms with Crippen molar-refractivity contribution < 1.29 is 0 Å². The van der Waals surface area contributed by atoms with E-state index in [0.29, 0.717) is 5.88 Å². The average Bonchev–Trinajstić information content (AvgIpc) is 1.69. The minimum Gasteiger partial charge on any atom is -0.175 e. The van der Waals surface area contributed by atoms with E-state index in [9.17, 15) is 0 Å². The van der Waals surface area contributed by atoms with Crippen molar-refractivity contribution >= 4 is 24.2 Å². The summed E-state index contributed by atoms with van der Waals surface area (Å²) < 4.78 is 0. The molecule has 0 bridgehead atoms. The lowest BCUT2D eigenvalue weighted by atomic mass is 10.4. The lowest BCUT2D eigenvalue weighted by Gasteiger charge is -1.77. The highest BCUT2D eigenvalue weighted by molar-refractivity contribution is 7.80. The molecule has 0 rings (SSSR count). The second-order valence-corrected chi connectivity index (χ2v) is 1.87. The van der Waals surface area contributed by atoms with Gasteiger partial charge in [-0.2, -0.15) is 12.6 Å². The second kappa shape index (κ2) is 6.38. The second-order valence-electron chi connectivity index (χ2n) is 1.13. The Bertz CT molecular complexity index is 52.0. The minimum absolute atomic E-state index is 0.713. The molecule has 0 N–H and O–H groups in total. The highest BCUT2D eigenvalue weighted by atomic mass is 35.5. The molecule has 0 spiro atoms. The smallest absolute Gasteiger partial charge is 0.0258 e. The van der Waals surface area contributed by atoms with Gasteiger partial charge in [0.2, 0.25) is 0 Å². The van der Waals surface area contributed by atoms with Crippen LogP contribution in [0.4, 0.5) is 0 Å². The number of hydrogen-bond donors (Lipinski definition) is 1. The van der Waals surface area contributed by atoms with Crippen LogP contribution in [-0.4, -0.2) is 11.6 Å². The maximum atomic E-state index is 5.36. The van der Waals surface area contributed by atoms with Crippen LogP contribution < -0.4 is 0 Å². The van der Waals surface area contributed by atoms with Crippen molar-refractivity contribution in [3.8, 4) is 0 Å². The zero-order chi connectivity index (χ0) is 5.54. The number of alkyl halides is 1. The molecular weight excluding hydrogens is 128 g/mol. The molecule has 0 saturated heterocycles. The summed E-state index contributed by atoms with van der Waals surface area (Å²) in [6.07, 6.45) is 4.98. The molecule has 0 atom stereocenters. The van der Waals surface area contributed by atoms with Crippen LogP contribution in [0.5, 0.6) is 0 Å². The van der Waals surface area contributed by atoms with Crippen LogP contribution in [0, 0.1) is 0 Å². The Kier molecular flexibility index (Phi) is 6.73. The van der Waals surface area contributed by atoms with Crippen LogP contribution >= 0.6 is 24.2 Å². The molecule has 0 fully saturated rings. The van der Waals surface area contributed by atoms with Crippen molar-refractivity contribution in [3.63, 3.8) is 0 Å². The third kappa shape index (κ3) is 6.38. The van der Waals surface area contributed by atoms with Gasteiger partial charge in [-0.25, -0.2) is 0 Å². The molecule has 0 aromatic heterocycles. The molecule has 0 nitrogen and oxygen atoms in total. The zero-order valence-corrected chi connectivity index (χ0v) is 5.75. The lowest BCUT2D eigenvalue weighted by Crippen LogP contribution is -1.66. The fourth-order valence-corrected chi connectivity index (χ4v) is 0.530. The van der Waals surface area contributed by atoms with E-state index < -0.39 is 0 Å². The molecule has 0 amide bonds. The van der Waals surface area contributed by atoms with Gasteiger partial charge >= 0.3 is 0 Å². The monoisotopic (exact) mass is 136 g/mol. The van der Waals surface area contributed by atoms with Crippen molar-refractivity contribution in [1.82, 2.24) is 0 Å². The number of halogens is 1. The third-order valence-electron chi connectivity index (χ3n) is 0.548. The molecule has 0 radical (unpaired) electrons. The number of thiol groups is 1. The van der Waals surface area contributed by atoms with Gasteiger partial charge in [-0.3, -0.25) is 0 Å². The van der Waals surface area contributed by atoms with Crippen molar-refractivity contribution in [1.29, 1.82) is 0 Å². The summed E-state index contributed by atoms with van der Waals surface area (Å²) in [6, 6.07) is 0. The molecule has 2 heteroatoms. The van der Waals surface area contributed by atoms with Gasteiger partial charge in [0.1, 0.15) is 0 Å². The first-order valence-corrected chi connectivity index (χ1v) is 3.40. The minimum atomic E-state index is 0.713. The number of allylic oxidation sites excluding steroid dienone is 1. The normalized spacial score (nSPS) is 10.6. The Morgan fingerprint density at radius 2 is 2.14 bits per heavy atom. The van der Waals surface area contributed by atoms with Crippen LogP contribution in [0.1, 0.15) is 6.42 Å². The average molecular weight is 137 g/mol. The summed E-state index contributed by atoms with van der Waals surface area (Å²) in [7, 11) is 0. The molecule has 0 aromatic rings. The molecule has 0 aromatic carbocycles. The standard InChI is InChI=1S/C5H9ClS/c6-4-2-1-3-5-7/h1,3,7H,2,4-5H2/b3-1+. The van der Waals surface area contributed by atoms with E-state index in [1.54, 1.807) is 0 Å². The highest BCUT2D eigenvalue weighted by Gasteiger charge is 1.70. The molecular formula is C5H9ClS. The molecule has 0 saturated carbocycles. The van der Waals surface area contributed by atoms with Crippen molar-refractivity contribution in [2.45, 2.75) is 6.42 Å². The molecule has 42 valence electrons. The Morgan fingerprint density at radius 1 is 1.43 bits per heavy atom. The largest absolute Gasteiger partial charge is 0.175 e. The first-order chi connectivity index (χ1) is 3.41. The van der Waals surface area contributed by atoms with Crippen molar-refractivity contribution in [2.75, 3.05) is 11.6 Å². The Balaban J connectivity index is 2.78. The SMILES string of the molecule is SC/C=C/CCCl. The zero-order valence-electron chi connectivity index (χ0n) is 4.10. The molecule has 0 unspecified atom stereocenters. The number of rotatable bonds is 3. The summed E-state index contributed by atoms with van der Waals surface area (Å²) in [6.45, 7) is 0. The van der Waals surface area contributed by atoms with Crippen molar-refractivity contribution in [3.05, 3.63) is 12.2 Å². The van der Waals surface area contributed by atoms with Crippen LogP contribution in [0.3, 0.4) is 0 Å². The van der Waals surface area contributed by atoms with E-state index in [4.69, 9.17) is 11.6 Å². The quantitative estimate of drug-likeness (QED) is 0.343. The Morgan fingerprint density at radius 3 is 2.57 bits per heavy atom. The van der Waals surface area contributed by atoms with Gasteiger partial charge in [0.25, 0.3) is 0 Å². The molecule has 0 heterocycles. The highest BCUT2D eigenvalue weighted by Crippen LogP contribution is 1.86. The number of hydrogen-bond acceptors (Lipinski definition) is 1. The van der Waals surface area contributed by atoms with Gasteiger partial charge in [-0.05, 0) is 6.42 Å².